The number of hydrogen-bond donors (Lipinski definition) is 1. The first-order valence-corrected chi connectivity index (χ1v) is 11.1. The third-order valence-electron chi connectivity index (χ3n) is 4.49. The van der Waals surface area contributed by atoms with E-state index in [1.54, 1.807) is 24.3 Å². The summed E-state index contributed by atoms with van der Waals surface area (Å²) < 4.78 is 43.4. The SMILES string of the molecule is COc1ccc(S(=O)(=O)N2CCOCC2)cc1C(=O)Nc1cccc(OC(C)C)c1. The minimum atomic E-state index is -3.74. The van der Waals surface area contributed by atoms with Gasteiger partial charge in [0.25, 0.3) is 5.91 Å². The molecular weight excluding hydrogens is 408 g/mol. The van der Waals surface area contributed by atoms with Crippen molar-refractivity contribution in [1.82, 2.24) is 4.31 Å². The van der Waals surface area contributed by atoms with Gasteiger partial charge in [-0.1, -0.05) is 6.07 Å². The van der Waals surface area contributed by atoms with Crippen LogP contribution in [0.4, 0.5) is 5.69 Å². The number of rotatable bonds is 7. The van der Waals surface area contributed by atoms with Gasteiger partial charge in [0.2, 0.25) is 10.0 Å². The average Bonchev–Trinajstić information content (AvgIpc) is 2.73. The number of ether oxygens (including phenoxy) is 3. The normalized spacial score (nSPS) is 15.1. The minimum absolute atomic E-state index is 0.00174. The van der Waals surface area contributed by atoms with E-state index in [1.165, 1.54) is 29.6 Å². The molecule has 2 aromatic carbocycles. The Hall–Kier alpha value is -2.62. The number of benzene rings is 2. The van der Waals surface area contributed by atoms with E-state index in [0.717, 1.165) is 0 Å². The Labute approximate surface area is 176 Å². The lowest BCUT2D eigenvalue weighted by atomic mass is 10.1. The minimum Gasteiger partial charge on any atom is -0.496 e. The van der Waals surface area contributed by atoms with Crippen LogP contribution in [0.3, 0.4) is 0 Å². The number of methoxy groups -OCH3 is 1. The van der Waals surface area contributed by atoms with E-state index in [0.29, 0.717) is 24.7 Å². The highest BCUT2D eigenvalue weighted by Gasteiger charge is 2.28. The van der Waals surface area contributed by atoms with Gasteiger partial charge in [0.15, 0.2) is 0 Å². The number of nitrogens with one attached hydrogen (secondary N) is 1. The Balaban J connectivity index is 1.87. The molecule has 0 aromatic heterocycles. The lowest BCUT2D eigenvalue weighted by Gasteiger charge is -2.26. The number of hydrogen-bond acceptors (Lipinski definition) is 6. The van der Waals surface area contributed by atoms with E-state index in [1.807, 2.05) is 13.8 Å². The Morgan fingerprint density at radius 1 is 1.13 bits per heavy atom. The van der Waals surface area contributed by atoms with Crippen LogP contribution in [0.5, 0.6) is 11.5 Å². The van der Waals surface area contributed by atoms with Gasteiger partial charge in [0, 0.05) is 24.8 Å². The van der Waals surface area contributed by atoms with Gasteiger partial charge in [-0.05, 0) is 44.2 Å². The molecule has 2 aromatic rings. The number of sulfonamides is 1. The topological polar surface area (TPSA) is 94.2 Å². The van der Waals surface area contributed by atoms with Crippen molar-refractivity contribution in [3.05, 3.63) is 48.0 Å². The Kier molecular flexibility index (Phi) is 6.96. The molecule has 1 heterocycles. The fraction of sp³-hybridized carbons (Fsp3) is 0.381. The van der Waals surface area contributed by atoms with Crippen molar-refractivity contribution < 1.29 is 27.4 Å². The Morgan fingerprint density at radius 3 is 2.53 bits per heavy atom. The van der Waals surface area contributed by atoms with Gasteiger partial charge in [0.1, 0.15) is 11.5 Å². The Morgan fingerprint density at radius 2 is 1.87 bits per heavy atom. The first-order chi connectivity index (χ1) is 14.3. The van der Waals surface area contributed by atoms with E-state index in [9.17, 15) is 13.2 Å². The summed E-state index contributed by atoms with van der Waals surface area (Å²) in [7, 11) is -2.31. The van der Waals surface area contributed by atoms with Gasteiger partial charge in [0.05, 0.1) is 36.9 Å². The highest BCUT2D eigenvalue weighted by Crippen LogP contribution is 2.27. The van der Waals surface area contributed by atoms with Gasteiger partial charge in [-0.15, -0.1) is 0 Å². The second kappa shape index (κ2) is 9.46. The summed E-state index contributed by atoms with van der Waals surface area (Å²) in [6.45, 7) is 5.07. The standard InChI is InChI=1S/C21H26N2O6S/c1-15(2)29-17-6-4-5-16(13-17)22-21(24)19-14-18(7-8-20(19)27-3)30(25,26)23-9-11-28-12-10-23/h4-8,13-15H,9-12H2,1-3H3,(H,22,24). The molecule has 1 amide bonds. The smallest absolute Gasteiger partial charge is 0.259 e. The van der Waals surface area contributed by atoms with E-state index < -0.39 is 15.9 Å². The van der Waals surface area contributed by atoms with Gasteiger partial charge in [-0.3, -0.25) is 4.79 Å². The maximum atomic E-state index is 12.9. The predicted octanol–water partition coefficient (Wildman–Crippen LogP) is 2.76. The summed E-state index contributed by atoms with van der Waals surface area (Å²) in [5.74, 6) is 0.425. The fourth-order valence-corrected chi connectivity index (χ4v) is 4.51. The van der Waals surface area contributed by atoms with Crippen molar-refractivity contribution in [1.29, 1.82) is 0 Å². The van der Waals surface area contributed by atoms with Crippen LogP contribution in [-0.2, 0) is 14.8 Å². The second-order valence-electron chi connectivity index (χ2n) is 7.03. The molecule has 0 bridgehead atoms. The van der Waals surface area contributed by atoms with Crippen molar-refractivity contribution in [2.24, 2.45) is 0 Å². The van der Waals surface area contributed by atoms with Crippen LogP contribution in [0.1, 0.15) is 24.2 Å². The molecule has 9 heteroatoms. The van der Waals surface area contributed by atoms with Crippen LogP contribution in [0.25, 0.3) is 0 Å². The van der Waals surface area contributed by atoms with Gasteiger partial charge >= 0.3 is 0 Å². The van der Waals surface area contributed by atoms with Crippen molar-refractivity contribution in [2.45, 2.75) is 24.8 Å². The van der Waals surface area contributed by atoms with Crippen LogP contribution in [0.2, 0.25) is 0 Å². The first kappa shape index (κ1) is 22.1. The van der Waals surface area contributed by atoms with Crippen molar-refractivity contribution in [2.75, 3.05) is 38.7 Å². The molecule has 1 saturated heterocycles. The molecule has 0 saturated carbocycles. The van der Waals surface area contributed by atoms with Gasteiger partial charge in [-0.2, -0.15) is 4.31 Å². The zero-order chi connectivity index (χ0) is 21.7. The summed E-state index contributed by atoms with van der Waals surface area (Å²) in [5, 5.41) is 2.78. The summed E-state index contributed by atoms with van der Waals surface area (Å²) in [6, 6.07) is 11.3. The monoisotopic (exact) mass is 434 g/mol. The average molecular weight is 435 g/mol. The zero-order valence-corrected chi connectivity index (χ0v) is 18.1. The number of carbonyl (C=O) groups is 1. The van der Waals surface area contributed by atoms with E-state index in [4.69, 9.17) is 14.2 Å². The highest BCUT2D eigenvalue weighted by molar-refractivity contribution is 7.89. The second-order valence-corrected chi connectivity index (χ2v) is 8.97. The third-order valence-corrected chi connectivity index (χ3v) is 6.38. The predicted molar refractivity (Wildman–Crippen MR) is 113 cm³/mol. The molecule has 0 radical (unpaired) electrons. The highest BCUT2D eigenvalue weighted by atomic mass is 32.2. The van der Waals surface area contributed by atoms with E-state index in [-0.39, 0.29) is 35.4 Å². The Bertz CT molecular complexity index is 1000. The number of amides is 1. The molecule has 162 valence electrons. The van der Waals surface area contributed by atoms with Crippen molar-refractivity contribution in [3.8, 4) is 11.5 Å². The number of nitrogens with zero attached hydrogens (tertiary/aromatic N) is 1. The lowest BCUT2D eigenvalue weighted by Crippen LogP contribution is -2.40. The van der Waals surface area contributed by atoms with Crippen LogP contribution in [0, 0.1) is 0 Å². The molecule has 3 rings (SSSR count). The van der Waals surface area contributed by atoms with Gasteiger partial charge in [-0.25, -0.2) is 8.42 Å². The number of carbonyl (C=O) groups excluding carboxylic acids is 1. The number of morpholine rings is 1. The molecule has 0 spiro atoms. The fourth-order valence-electron chi connectivity index (χ4n) is 3.08. The first-order valence-electron chi connectivity index (χ1n) is 9.65. The molecule has 0 atom stereocenters. The van der Waals surface area contributed by atoms with E-state index in [2.05, 4.69) is 5.32 Å². The molecule has 0 aliphatic carbocycles. The molecule has 0 unspecified atom stereocenters. The van der Waals surface area contributed by atoms with Crippen LogP contribution < -0.4 is 14.8 Å². The lowest BCUT2D eigenvalue weighted by molar-refractivity contribution is 0.0730. The molecule has 1 aliphatic rings. The van der Waals surface area contributed by atoms with Gasteiger partial charge < -0.3 is 19.5 Å². The molecule has 30 heavy (non-hydrogen) atoms. The molecular formula is C21H26N2O6S. The number of anilines is 1. The summed E-state index contributed by atoms with van der Waals surface area (Å²) in [6.07, 6.45) is -0.00174. The van der Waals surface area contributed by atoms with Crippen LogP contribution in [0.15, 0.2) is 47.4 Å². The maximum absolute atomic E-state index is 12.9. The molecule has 1 aliphatic heterocycles. The largest absolute Gasteiger partial charge is 0.496 e. The summed E-state index contributed by atoms with van der Waals surface area (Å²) in [4.78, 5) is 13.0. The third kappa shape index (κ3) is 5.10. The molecule has 8 nitrogen and oxygen atoms in total. The molecule has 1 fully saturated rings. The van der Waals surface area contributed by atoms with Crippen molar-refractivity contribution in [3.63, 3.8) is 0 Å². The quantitative estimate of drug-likeness (QED) is 0.720. The maximum Gasteiger partial charge on any atom is 0.259 e. The van der Waals surface area contributed by atoms with E-state index >= 15 is 0 Å². The van der Waals surface area contributed by atoms with Crippen LogP contribution >= 0.6 is 0 Å². The zero-order valence-electron chi connectivity index (χ0n) is 17.3. The summed E-state index contributed by atoms with van der Waals surface area (Å²) >= 11 is 0. The van der Waals surface area contributed by atoms with Crippen LogP contribution in [-0.4, -0.2) is 58.1 Å². The van der Waals surface area contributed by atoms with Crippen molar-refractivity contribution >= 4 is 21.6 Å². The molecule has 1 N–H and O–H groups in total. The summed E-state index contributed by atoms with van der Waals surface area (Å²) in [5.41, 5.74) is 0.656.